The van der Waals surface area contributed by atoms with Crippen LogP contribution in [-0.4, -0.2) is 40.0 Å². The number of aromatic nitrogens is 1. The molecule has 36 heavy (non-hydrogen) atoms. The monoisotopic (exact) mass is 494 g/mol. The summed E-state index contributed by atoms with van der Waals surface area (Å²) in [5.74, 6) is 1.20. The molecule has 3 rings (SSSR count). The first-order valence-electron chi connectivity index (χ1n) is 12.9. The van der Waals surface area contributed by atoms with Crippen LogP contribution in [-0.2, 0) is 22.4 Å². The summed E-state index contributed by atoms with van der Waals surface area (Å²) in [7, 11) is 0. The predicted molar refractivity (Wildman–Crippen MR) is 140 cm³/mol. The minimum absolute atomic E-state index is 0.268. The minimum Gasteiger partial charge on any atom is -0.493 e. The smallest absolute Gasteiger partial charge is 0.331 e. The highest BCUT2D eigenvalue weighted by Gasteiger charge is 2.35. The van der Waals surface area contributed by atoms with E-state index in [9.17, 15) is 14.7 Å². The number of oxazole rings is 1. The summed E-state index contributed by atoms with van der Waals surface area (Å²) in [4.78, 5) is 30.9. The van der Waals surface area contributed by atoms with Crippen molar-refractivity contribution in [1.29, 1.82) is 0 Å². The van der Waals surface area contributed by atoms with E-state index in [0.717, 1.165) is 42.7 Å². The minimum atomic E-state index is -1.04. The van der Waals surface area contributed by atoms with Gasteiger partial charge < -0.3 is 19.2 Å². The predicted octanol–water partition coefficient (Wildman–Crippen LogP) is 5.92. The van der Waals surface area contributed by atoms with Gasteiger partial charge in [-0.05, 0) is 67.5 Å². The zero-order chi connectivity index (χ0) is 26.1. The lowest BCUT2D eigenvalue weighted by atomic mass is 9.92. The molecule has 0 aliphatic carbocycles. The van der Waals surface area contributed by atoms with Gasteiger partial charge in [-0.15, -0.1) is 0 Å². The van der Waals surface area contributed by atoms with Crippen LogP contribution in [0.2, 0.25) is 0 Å². The molecule has 0 saturated heterocycles. The average Bonchev–Trinajstić information content (AvgIpc) is 3.19. The lowest BCUT2D eigenvalue weighted by Gasteiger charge is -2.34. The van der Waals surface area contributed by atoms with Crippen LogP contribution < -0.4 is 4.74 Å². The summed E-state index contributed by atoms with van der Waals surface area (Å²) < 4.78 is 11.7. The number of hydrogen-bond donors (Lipinski definition) is 1. The molecule has 1 aliphatic heterocycles. The van der Waals surface area contributed by atoms with E-state index < -0.39 is 12.0 Å². The van der Waals surface area contributed by atoms with Crippen molar-refractivity contribution in [3.8, 4) is 5.75 Å². The molecular weight excluding hydrogens is 456 g/mol. The van der Waals surface area contributed by atoms with Crippen molar-refractivity contribution in [3.63, 3.8) is 0 Å². The van der Waals surface area contributed by atoms with E-state index in [-0.39, 0.29) is 5.91 Å². The Kier molecular flexibility index (Phi) is 9.91. The molecule has 1 aromatic carbocycles. The summed E-state index contributed by atoms with van der Waals surface area (Å²) in [6.45, 7) is 9.06. The lowest BCUT2D eigenvalue weighted by molar-refractivity contribution is -0.149. The van der Waals surface area contributed by atoms with Gasteiger partial charge in [-0.1, -0.05) is 51.8 Å². The third-order valence-corrected chi connectivity index (χ3v) is 6.23. The number of aryl methyl sites for hydroxylation is 1. The van der Waals surface area contributed by atoms with Crippen LogP contribution in [0.3, 0.4) is 0 Å². The summed E-state index contributed by atoms with van der Waals surface area (Å²) in [5, 5.41) is 9.97. The molecule has 1 atom stereocenters. The molecule has 0 radical (unpaired) electrons. The van der Waals surface area contributed by atoms with Crippen LogP contribution in [0.5, 0.6) is 5.75 Å². The third-order valence-electron chi connectivity index (χ3n) is 6.23. The zero-order valence-corrected chi connectivity index (χ0v) is 21.8. The zero-order valence-electron chi connectivity index (χ0n) is 21.8. The van der Waals surface area contributed by atoms with Gasteiger partial charge in [-0.3, -0.25) is 4.79 Å². The fraction of sp³-hybridized carbons (Fsp3) is 0.483. The maximum absolute atomic E-state index is 12.8. The molecular formula is C29H38N2O5. The largest absolute Gasteiger partial charge is 0.493 e. The van der Waals surface area contributed by atoms with Gasteiger partial charge in [0, 0.05) is 13.0 Å². The molecule has 2 aromatic rings. The van der Waals surface area contributed by atoms with Crippen molar-refractivity contribution in [2.75, 3.05) is 13.2 Å². The Bertz CT molecular complexity index is 1100. The van der Waals surface area contributed by atoms with Gasteiger partial charge in [0.15, 0.2) is 6.04 Å². The summed E-state index contributed by atoms with van der Waals surface area (Å²) >= 11 is 0. The molecule has 7 heteroatoms. The van der Waals surface area contributed by atoms with Gasteiger partial charge >= 0.3 is 5.97 Å². The first kappa shape index (κ1) is 27.2. The second-order valence-corrected chi connectivity index (χ2v) is 9.61. The van der Waals surface area contributed by atoms with Crippen LogP contribution in [0, 0.1) is 12.8 Å². The van der Waals surface area contributed by atoms with Crippen molar-refractivity contribution in [2.45, 2.75) is 72.3 Å². The van der Waals surface area contributed by atoms with E-state index in [1.807, 2.05) is 31.2 Å². The summed E-state index contributed by atoms with van der Waals surface area (Å²) in [6.07, 6.45) is 12.3. The number of nitrogens with zero attached hydrogens (tertiary/aromatic N) is 2. The number of carbonyl (C=O) groups excluding carboxylic acids is 1. The SMILES string of the molecule is CCCCC=CC(=O)N1CCc2ccc(OCCc3nc(/C=C/CC(C)C)oc3C)cc2C1C(=O)O. The fourth-order valence-electron chi connectivity index (χ4n) is 4.25. The first-order valence-corrected chi connectivity index (χ1v) is 12.9. The van der Waals surface area contributed by atoms with E-state index >= 15 is 0 Å². The van der Waals surface area contributed by atoms with E-state index in [1.54, 1.807) is 6.07 Å². The Labute approximate surface area is 213 Å². The number of unbranched alkanes of at least 4 members (excludes halogenated alkanes) is 2. The third kappa shape index (κ3) is 7.33. The normalized spacial score (nSPS) is 15.7. The molecule has 1 unspecified atom stereocenters. The highest BCUT2D eigenvalue weighted by molar-refractivity contribution is 5.92. The van der Waals surface area contributed by atoms with Crippen molar-refractivity contribution in [3.05, 3.63) is 64.9 Å². The number of benzene rings is 1. The number of carbonyl (C=O) groups is 2. The molecule has 2 heterocycles. The molecule has 0 spiro atoms. The fourth-order valence-corrected chi connectivity index (χ4v) is 4.25. The Hall–Kier alpha value is -3.35. The van der Waals surface area contributed by atoms with E-state index in [2.05, 4.69) is 31.8 Å². The van der Waals surface area contributed by atoms with Crippen LogP contribution in [0.15, 0.2) is 40.8 Å². The molecule has 1 aromatic heterocycles. The van der Waals surface area contributed by atoms with Crippen LogP contribution in [0.4, 0.5) is 0 Å². The molecule has 1 aliphatic rings. The van der Waals surface area contributed by atoms with E-state index in [4.69, 9.17) is 9.15 Å². The second-order valence-electron chi connectivity index (χ2n) is 9.61. The molecule has 0 fully saturated rings. The first-order chi connectivity index (χ1) is 17.3. The van der Waals surface area contributed by atoms with Gasteiger partial charge in [0.05, 0.1) is 12.3 Å². The van der Waals surface area contributed by atoms with Crippen molar-refractivity contribution < 1.29 is 23.8 Å². The number of allylic oxidation sites excluding steroid dienone is 2. The topological polar surface area (TPSA) is 92.9 Å². The second kappa shape index (κ2) is 13.1. The van der Waals surface area contributed by atoms with E-state index in [1.165, 1.54) is 11.0 Å². The number of fused-ring (bicyclic) bond motifs is 1. The molecule has 7 nitrogen and oxygen atoms in total. The summed E-state index contributed by atoms with van der Waals surface area (Å²) in [6, 6.07) is 4.48. The highest BCUT2D eigenvalue weighted by Crippen LogP contribution is 2.33. The Morgan fingerprint density at radius 2 is 2.11 bits per heavy atom. The maximum atomic E-state index is 12.8. The molecule has 194 valence electrons. The quantitative estimate of drug-likeness (QED) is 0.291. The van der Waals surface area contributed by atoms with Gasteiger partial charge in [-0.25, -0.2) is 9.78 Å². The number of ether oxygens (including phenoxy) is 1. The molecule has 0 bridgehead atoms. The molecule has 0 saturated carbocycles. The Morgan fingerprint density at radius 3 is 2.83 bits per heavy atom. The standard InChI is InChI=1S/C29H38N2O5/c1-5-6-7-8-12-27(32)31-17-15-22-13-14-23(19-24(22)28(31)29(33)34)35-18-16-25-21(4)36-26(30-25)11-9-10-20(2)3/h8-9,11-14,19-20,28H,5-7,10,15-18H2,1-4H3,(H,33,34)/b11-9+,12-8?. The number of carboxylic acids is 1. The lowest BCUT2D eigenvalue weighted by Crippen LogP contribution is -2.42. The summed E-state index contributed by atoms with van der Waals surface area (Å²) in [5.41, 5.74) is 2.38. The van der Waals surface area contributed by atoms with Crippen molar-refractivity contribution in [2.24, 2.45) is 5.92 Å². The van der Waals surface area contributed by atoms with Crippen molar-refractivity contribution in [1.82, 2.24) is 9.88 Å². The van der Waals surface area contributed by atoms with E-state index in [0.29, 0.717) is 49.1 Å². The number of aliphatic carboxylic acids is 1. The number of carboxylic acid groups (broad SMARTS) is 1. The highest BCUT2D eigenvalue weighted by atomic mass is 16.5. The van der Waals surface area contributed by atoms with Gasteiger partial charge in [0.1, 0.15) is 11.5 Å². The number of rotatable bonds is 12. The number of hydrogen-bond acceptors (Lipinski definition) is 5. The molecule has 1 N–H and O–H groups in total. The Balaban J connectivity index is 1.66. The van der Waals surface area contributed by atoms with Gasteiger partial charge in [0.2, 0.25) is 11.8 Å². The van der Waals surface area contributed by atoms with Gasteiger partial charge in [-0.2, -0.15) is 0 Å². The average molecular weight is 495 g/mol. The number of amides is 1. The Morgan fingerprint density at radius 1 is 1.31 bits per heavy atom. The van der Waals surface area contributed by atoms with Crippen LogP contribution in [0.1, 0.15) is 81.0 Å². The van der Waals surface area contributed by atoms with Crippen LogP contribution >= 0.6 is 0 Å². The van der Waals surface area contributed by atoms with Crippen molar-refractivity contribution >= 4 is 18.0 Å². The van der Waals surface area contributed by atoms with Crippen LogP contribution in [0.25, 0.3) is 6.08 Å². The maximum Gasteiger partial charge on any atom is 0.331 e. The van der Waals surface area contributed by atoms with Gasteiger partial charge in [0.25, 0.3) is 0 Å². The molecule has 1 amide bonds.